The highest BCUT2D eigenvalue weighted by atomic mass is 16.2. The van der Waals surface area contributed by atoms with Crippen molar-refractivity contribution in [1.29, 1.82) is 5.41 Å². The number of benzene rings is 1. The molecule has 0 saturated heterocycles. The van der Waals surface area contributed by atoms with Gasteiger partial charge in [0.2, 0.25) is 0 Å². The van der Waals surface area contributed by atoms with Crippen molar-refractivity contribution in [2.24, 2.45) is 0 Å². The van der Waals surface area contributed by atoms with Crippen molar-refractivity contribution in [2.45, 2.75) is 46.2 Å². The lowest BCUT2D eigenvalue weighted by molar-refractivity contribution is 0.0937. The third-order valence-corrected chi connectivity index (χ3v) is 5.76. The van der Waals surface area contributed by atoms with E-state index in [1.165, 1.54) is 10.5 Å². The van der Waals surface area contributed by atoms with Crippen LogP contribution in [0.25, 0.3) is 16.7 Å². The number of rotatable bonds is 6. The lowest BCUT2D eigenvalue weighted by atomic mass is 10.1. The van der Waals surface area contributed by atoms with Crippen molar-refractivity contribution in [3.63, 3.8) is 0 Å². The summed E-state index contributed by atoms with van der Waals surface area (Å²) in [5.74, 6) is -0.382. The summed E-state index contributed by atoms with van der Waals surface area (Å²) in [5.41, 5.74) is 2.83. The van der Waals surface area contributed by atoms with Gasteiger partial charge >= 0.3 is 0 Å². The number of hydrogen-bond donors (Lipinski definition) is 2. The predicted molar refractivity (Wildman–Crippen MR) is 125 cm³/mol. The van der Waals surface area contributed by atoms with Crippen LogP contribution in [-0.2, 0) is 6.54 Å². The minimum atomic E-state index is -0.382. The number of carbonyl (C=O) groups is 1. The maximum absolute atomic E-state index is 13.3. The van der Waals surface area contributed by atoms with Gasteiger partial charge in [0, 0.05) is 12.7 Å². The fourth-order valence-electron chi connectivity index (χ4n) is 3.90. The highest BCUT2D eigenvalue weighted by molar-refractivity contribution is 5.97. The van der Waals surface area contributed by atoms with Gasteiger partial charge in [-0.3, -0.25) is 19.4 Å². The summed E-state index contributed by atoms with van der Waals surface area (Å²) >= 11 is 0. The molecule has 7 nitrogen and oxygen atoms in total. The number of fused-ring (bicyclic) bond motifs is 2. The number of aryl methyl sites for hydroxylation is 2. The van der Waals surface area contributed by atoms with Crippen LogP contribution in [0.3, 0.4) is 0 Å². The molecule has 0 aliphatic carbocycles. The average molecular weight is 430 g/mol. The Labute approximate surface area is 185 Å². The largest absolute Gasteiger partial charge is 0.345 e. The first-order valence-corrected chi connectivity index (χ1v) is 10.9. The summed E-state index contributed by atoms with van der Waals surface area (Å²) < 4.78 is 3.19. The number of unbranched alkanes of at least 4 members (excludes halogenated alkanes) is 1. The zero-order valence-electron chi connectivity index (χ0n) is 18.6. The first-order chi connectivity index (χ1) is 15.4. The summed E-state index contributed by atoms with van der Waals surface area (Å²) in [6.07, 6.45) is 3.41. The third-order valence-electron chi connectivity index (χ3n) is 5.76. The maximum atomic E-state index is 13.3. The van der Waals surface area contributed by atoms with E-state index < -0.39 is 0 Å². The molecule has 2 N–H and O–H groups in total. The van der Waals surface area contributed by atoms with Crippen molar-refractivity contribution in [3.05, 3.63) is 87.3 Å². The Bertz CT molecular complexity index is 1420. The molecule has 3 heterocycles. The molecular formula is C25H27N5O2. The van der Waals surface area contributed by atoms with Gasteiger partial charge in [0.15, 0.2) is 0 Å². The first-order valence-electron chi connectivity index (χ1n) is 10.9. The molecule has 1 atom stereocenters. The minimum Gasteiger partial charge on any atom is -0.345 e. The minimum absolute atomic E-state index is 0.0635. The monoisotopic (exact) mass is 429 g/mol. The van der Waals surface area contributed by atoms with Gasteiger partial charge < -0.3 is 9.88 Å². The third kappa shape index (κ3) is 3.82. The summed E-state index contributed by atoms with van der Waals surface area (Å²) in [7, 11) is 0. The molecule has 1 aromatic carbocycles. The Hall–Kier alpha value is -3.74. The molecule has 0 radical (unpaired) electrons. The van der Waals surface area contributed by atoms with E-state index in [-0.39, 0.29) is 28.6 Å². The van der Waals surface area contributed by atoms with E-state index in [2.05, 4.69) is 12.2 Å². The smallest absolute Gasteiger partial charge is 0.267 e. The molecule has 0 saturated carbocycles. The summed E-state index contributed by atoms with van der Waals surface area (Å²) in [5, 5.41) is 12.1. The quantitative estimate of drug-likeness (QED) is 0.458. The van der Waals surface area contributed by atoms with Crippen LogP contribution in [-0.4, -0.2) is 19.9 Å². The fraction of sp³-hybridized carbons (Fsp3) is 0.280. The first kappa shape index (κ1) is 21.5. The van der Waals surface area contributed by atoms with Crippen molar-refractivity contribution < 1.29 is 4.79 Å². The van der Waals surface area contributed by atoms with Crippen molar-refractivity contribution in [1.82, 2.24) is 19.3 Å². The molecular weight excluding hydrogens is 402 g/mol. The van der Waals surface area contributed by atoms with Gasteiger partial charge in [-0.05, 0) is 43.5 Å². The van der Waals surface area contributed by atoms with E-state index in [9.17, 15) is 9.59 Å². The molecule has 32 heavy (non-hydrogen) atoms. The summed E-state index contributed by atoms with van der Waals surface area (Å²) in [6.45, 7) is 6.37. The van der Waals surface area contributed by atoms with Crippen molar-refractivity contribution in [3.8, 4) is 0 Å². The average Bonchev–Trinajstić information content (AvgIpc) is 2.79. The number of carbonyl (C=O) groups excluding carboxylic acids is 1. The highest BCUT2D eigenvalue weighted by Gasteiger charge is 2.19. The van der Waals surface area contributed by atoms with Crippen LogP contribution < -0.4 is 16.4 Å². The fourth-order valence-corrected chi connectivity index (χ4v) is 3.90. The summed E-state index contributed by atoms with van der Waals surface area (Å²) in [4.78, 5) is 31.2. The molecule has 4 aromatic rings. The number of nitrogens with one attached hydrogen (secondary N) is 2. The van der Waals surface area contributed by atoms with Gasteiger partial charge in [-0.25, -0.2) is 4.98 Å². The van der Waals surface area contributed by atoms with Crippen LogP contribution in [0, 0.1) is 12.3 Å². The van der Waals surface area contributed by atoms with E-state index >= 15 is 0 Å². The van der Waals surface area contributed by atoms with Crippen molar-refractivity contribution in [2.75, 3.05) is 0 Å². The maximum Gasteiger partial charge on any atom is 0.267 e. The molecule has 0 fully saturated rings. The van der Waals surface area contributed by atoms with Gasteiger partial charge in [-0.15, -0.1) is 0 Å². The van der Waals surface area contributed by atoms with E-state index in [0.29, 0.717) is 23.2 Å². The van der Waals surface area contributed by atoms with Gasteiger partial charge in [0.1, 0.15) is 16.8 Å². The molecule has 0 bridgehead atoms. The second-order valence-corrected chi connectivity index (χ2v) is 8.06. The zero-order valence-corrected chi connectivity index (χ0v) is 18.6. The lowest BCUT2D eigenvalue weighted by Gasteiger charge is -2.17. The highest BCUT2D eigenvalue weighted by Crippen LogP contribution is 2.15. The van der Waals surface area contributed by atoms with Crippen LogP contribution in [0.1, 0.15) is 54.2 Å². The van der Waals surface area contributed by atoms with Crippen molar-refractivity contribution >= 4 is 22.6 Å². The molecule has 0 aliphatic heterocycles. The second-order valence-electron chi connectivity index (χ2n) is 8.06. The lowest BCUT2D eigenvalue weighted by Crippen LogP contribution is -2.36. The molecule has 0 spiro atoms. The number of nitrogens with zero attached hydrogens (tertiary/aromatic N) is 3. The Morgan fingerprint density at radius 2 is 1.91 bits per heavy atom. The van der Waals surface area contributed by atoms with Crippen LogP contribution in [0.5, 0.6) is 0 Å². The summed E-state index contributed by atoms with van der Waals surface area (Å²) in [6, 6.07) is 14.6. The standard InChI is InChI=1S/C25H27N5O2/c1-4-5-13-29-21(26)19(24(31)27-17(3)18-11-7-6-8-12-18)15-20-23(29)28-22-16(2)10-9-14-30(22)25(20)32/h6-12,14-15,17,26H,4-5,13H2,1-3H3,(H,27,31). The van der Waals surface area contributed by atoms with Crippen LogP contribution >= 0.6 is 0 Å². The Kier molecular flexibility index (Phi) is 5.90. The van der Waals surface area contributed by atoms with Gasteiger partial charge in [0.05, 0.1) is 17.0 Å². The number of hydrogen-bond acceptors (Lipinski definition) is 4. The molecule has 7 heteroatoms. The molecule has 3 aromatic heterocycles. The molecule has 0 aliphatic rings. The van der Waals surface area contributed by atoms with Crippen LogP contribution in [0.15, 0.2) is 59.5 Å². The van der Waals surface area contributed by atoms with Crippen LogP contribution in [0.2, 0.25) is 0 Å². The Morgan fingerprint density at radius 3 is 2.62 bits per heavy atom. The molecule has 1 amide bonds. The Morgan fingerprint density at radius 1 is 1.16 bits per heavy atom. The van der Waals surface area contributed by atoms with E-state index in [0.717, 1.165) is 24.0 Å². The Balaban J connectivity index is 1.89. The van der Waals surface area contributed by atoms with Gasteiger partial charge in [-0.2, -0.15) is 0 Å². The number of amides is 1. The van der Waals surface area contributed by atoms with E-state index in [1.54, 1.807) is 16.8 Å². The normalized spacial score (nSPS) is 12.2. The van der Waals surface area contributed by atoms with Crippen LogP contribution in [0.4, 0.5) is 0 Å². The van der Waals surface area contributed by atoms with Gasteiger partial charge in [-0.1, -0.05) is 49.7 Å². The molecule has 4 rings (SSSR count). The van der Waals surface area contributed by atoms with E-state index in [1.807, 2.05) is 50.2 Å². The predicted octanol–water partition coefficient (Wildman–Crippen LogP) is 3.73. The topological polar surface area (TPSA) is 92.2 Å². The molecule has 164 valence electrons. The number of aromatic nitrogens is 3. The van der Waals surface area contributed by atoms with Gasteiger partial charge in [0.25, 0.3) is 11.5 Å². The number of pyridine rings is 2. The van der Waals surface area contributed by atoms with E-state index in [4.69, 9.17) is 10.4 Å². The zero-order chi connectivity index (χ0) is 22.8. The second kappa shape index (κ2) is 8.78. The SMILES string of the molecule is CCCCn1c(=N)c(C(=O)NC(C)c2ccccc2)cc2c(=O)n3cccc(C)c3nc21. The molecule has 1 unspecified atom stereocenters.